The Balaban J connectivity index is 1.38. The molecule has 1 aliphatic carbocycles. The summed E-state index contributed by atoms with van der Waals surface area (Å²) in [6.07, 6.45) is 7.16. The van der Waals surface area contributed by atoms with Gasteiger partial charge in [0.15, 0.2) is 0 Å². The van der Waals surface area contributed by atoms with Crippen LogP contribution in [-0.4, -0.2) is 0 Å². The summed E-state index contributed by atoms with van der Waals surface area (Å²) in [5, 5.41) is 3.71. The van der Waals surface area contributed by atoms with E-state index >= 15 is 0 Å². The zero-order chi connectivity index (χ0) is 28.1. The van der Waals surface area contributed by atoms with E-state index in [4.69, 9.17) is 4.74 Å². The van der Waals surface area contributed by atoms with Gasteiger partial charge in [-0.3, -0.25) is 0 Å². The maximum Gasteiger partial charge on any atom is 0.128 e. The second-order valence-electron chi connectivity index (χ2n) is 11.4. The maximum absolute atomic E-state index is 6.23. The van der Waals surface area contributed by atoms with Gasteiger partial charge in [0.05, 0.1) is 0 Å². The van der Waals surface area contributed by atoms with Crippen LogP contribution in [0.15, 0.2) is 90.5 Å². The average molecular weight is 530 g/mol. The van der Waals surface area contributed by atoms with Crippen molar-refractivity contribution < 1.29 is 4.74 Å². The van der Waals surface area contributed by atoms with Crippen LogP contribution >= 0.6 is 0 Å². The largest absolute Gasteiger partial charge is 0.457 e. The summed E-state index contributed by atoms with van der Waals surface area (Å²) in [5.41, 5.74) is 13.4. The normalized spacial score (nSPS) is 14.2. The van der Waals surface area contributed by atoms with Crippen LogP contribution < -0.4 is 10.1 Å². The minimum Gasteiger partial charge on any atom is -0.457 e. The SMILES string of the molecule is CCCC(=C(C)c1cc(Oc2ccc(C)cc2)ccc1C)C(C)c1ccc(Nc2cccc3c2CCCC3)cc1. The predicted octanol–water partition coefficient (Wildman–Crippen LogP) is 11.1. The lowest BCUT2D eigenvalue weighted by atomic mass is 9.84. The molecule has 0 saturated carbocycles. The number of nitrogens with one attached hydrogen (secondary N) is 1. The third-order valence-electron chi connectivity index (χ3n) is 8.48. The Morgan fingerprint density at radius 1 is 0.850 bits per heavy atom. The fraction of sp³-hybridized carbons (Fsp3) is 0.316. The van der Waals surface area contributed by atoms with Crippen LogP contribution in [0.25, 0.3) is 5.57 Å². The van der Waals surface area contributed by atoms with Crippen LogP contribution in [0, 0.1) is 13.8 Å². The van der Waals surface area contributed by atoms with E-state index in [0.717, 1.165) is 30.0 Å². The molecule has 1 atom stereocenters. The van der Waals surface area contributed by atoms with E-state index in [-0.39, 0.29) is 0 Å². The van der Waals surface area contributed by atoms with Gasteiger partial charge in [0.25, 0.3) is 0 Å². The molecular formula is C38H43NO. The Labute approximate surface area is 241 Å². The third-order valence-corrected chi connectivity index (χ3v) is 8.48. The van der Waals surface area contributed by atoms with E-state index in [0.29, 0.717) is 5.92 Å². The van der Waals surface area contributed by atoms with Crippen molar-refractivity contribution in [1.82, 2.24) is 0 Å². The summed E-state index contributed by atoms with van der Waals surface area (Å²) >= 11 is 0. The quantitative estimate of drug-likeness (QED) is 0.233. The van der Waals surface area contributed by atoms with Gasteiger partial charge < -0.3 is 10.1 Å². The van der Waals surface area contributed by atoms with Crippen molar-refractivity contribution in [2.75, 3.05) is 5.32 Å². The molecule has 0 saturated heterocycles. The standard InChI is InChI=1S/C38H43NO/c1-6-10-35(29(5)37-25-34(24-17-27(37)3)40-33-22-15-26(2)16-23-33)28(4)30-18-20-32(21-19-30)39-38-14-9-12-31-11-7-8-13-36(31)38/h9,12,14-25,28,39H,6-8,10-11,13H2,1-5H3. The zero-order valence-electron chi connectivity index (χ0n) is 24.8. The Bertz CT molecular complexity index is 1480. The van der Waals surface area contributed by atoms with E-state index < -0.39 is 0 Å². The fourth-order valence-corrected chi connectivity index (χ4v) is 6.09. The summed E-state index contributed by atoms with van der Waals surface area (Å²) in [6, 6.07) is 30.5. The van der Waals surface area contributed by atoms with Crippen LogP contribution in [0.4, 0.5) is 11.4 Å². The molecular weight excluding hydrogens is 486 g/mol. The molecule has 0 radical (unpaired) electrons. The molecule has 206 valence electrons. The molecule has 0 spiro atoms. The van der Waals surface area contributed by atoms with Gasteiger partial charge in [-0.15, -0.1) is 0 Å². The number of fused-ring (bicyclic) bond motifs is 1. The van der Waals surface area contributed by atoms with E-state index in [1.807, 2.05) is 12.1 Å². The molecule has 0 fully saturated rings. The van der Waals surface area contributed by atoms with Gasteiger partial charge >= 0.3 is 0 Å². The zero-order valence-corrected chi connectivity index (χ0v) is 24.8. The van der Waals surface area contributed by atoms with E-state index in [1.165, 1.54) is 75.9 Å². The van der Waals surface area contributed by atoms with Gasteiger partial charge in [0.1, 0.15) is 11.5 Å². The second kappa shape index (κ2) is 12.6. The third kappa shape index (κ3) is 6.33. The second-order valence-corrected chi connectivity index (χ2v) is 11.4. The van der Waals surface area contributed by atoms with Gasteiger partial charge in [-0.25, -0.2) is 0 Å². The van der Waals surface area contributed by atoms with E-state index in [1.54, 1.807) is 0 Å². The van der Waals surface area contributed by atoms with Crippen LogP contribution in [0.1, 0.15) is 85.8 Å². The highest BCUT2D eigenvalue weighted by Gasteiger charge is 2.17. The first kappa shape index (κ1) is 27.8. The minimum absolute atomic E-state index is 0.333. The van der Waals surface area contributed by atoms with Crippen molar-refractivity contribution >= 4 is 16.9 Å². The molecule has 0 aromatic heterocycles. The molecule has 1 unspecified atom stereocenters. The number of hydrogen-bond acceptors (Lipinski definition) is 2. The van der Waals surface area contributed by atoms with Gasteiger partial charge in [0.2, 0.25) is 0 Å². The van der Waals surface area contributed by atoms with E-state index in [2.05, 4.69) is 113 Å². The molecule has 2 heteroatoms. The van der Waals surface area contributed by atoms with Crippen molar-refractivity contribution in [2.45, 2.75) is 79.1 Å². The van der Waals surface area contributed by atoms with Gasteiger partial charge in [-0.05, 0) is 129 Å². The van der Waals surface area contributed by atoms with Crippen molar-refractivity contribution in [1.29, 1.82) is 0 Å². The summed E-state index contributed by atoms with van der Waals surface area (Å²) in [5.74, 6) is 2.08. The first-order chi connectivity index (χ1) is 19.4. The summed E-state index contributed by atoms with van der Waals surface area (Å²) in [4.78, 5) is 0. The lowest BCUT2D eigenvalue weighted by Gasteiger charge is -2.22. The maximum atomic E-state index is 6.23. The average Bonchev–Trinajstić information content (AvgIpc) is 2.98. The molecule has 4 aromatic rings. The number of allylic oxidation sites excluding steroid dienone is 2. The molecule has 4 aromatic carbocycles. The first-order valence-electron chi connectivity index (χ1n) is 15.0. The lowest BCUT2D eigenvalue weighted by molar-refractivity contribution is 0.482. The molecule has 0 aliphatic heterocycles. The number of ether oxygens (including phenoxy) is 1. The number of hydrogen-bond donors (Lipinski definition) is 1. The van der Waals surface area contributed by atoms with Gasteiger partial charge in [-0.2, -0.15) is 0 Å². The van der Waals surface area contributed by atoms with Crippen LogP contribution in [0.2, 0.25) is 0 Å². The van der Waals surface area contributed by atoms with Crippen molar-refractivity contribution in [3.8, 4) is 11.5 Å². The number of aryl methyl sites for hydroxylation is 3. The highest BCUT2D eigenvalue weighted by molar-refractivity contribution is 5.72. The lowest BCUT2D eigenvalue weighted by Crippen LogP contribution is -2.06. The first-order valence-corrected chi connectivity index (χ1v) is 15.0. The molecule has 1 N–H and O–H groups in total. The molecule has 1 aliphatic rings. The van der Waals surface area contributed by atoms with Gasteiger partial charge in [-0.1, -0.05) is 73.9 Å². The Morgan fingerprint density at radius 2 is 1.57 bits per heavy atom. The van der Waals surface area contributed by atoms with Crippen molar-refractivity contribution in [3.63, 3.8) is 0 Å². The molecule has 0 bridgehead atoms. The minimum atomic E-state index is 0.333. The molecule has 2 nitrogen and oxygen atoms in total. The predicted molar refractivity (Wildman–Crippen MR) is 171 cm³/mol. The molecule has 0 amide bonds. The molecule has 40 heavy (non-hydrogen) atoms. The summed E-state index contributed by atoms with van der Waals surface area (Å²) in [7, 11) is 0. The smallest absolute Gasteiger partial charge is 0.128 e. The summed E-state index contributed by atoms with van der Waals surface area (Å²) in [6.45, 7) is 11.2. The highest BCUT2D eigenvalue weighted by atomic mass is 16.5. The van der Waals surface area contributed by atoms with E-state index in [9.17, 15) is 0 Å². The molecule has 0 heterocycles. The Kier molecular flexibility index (Phi) is 8.75. The number of anilines is 2. The summed E-state index contributed by atoms with van der Waals surface area (Å²) < 4.78 is 6.23. The molecule has 5 rings (SSSR count). The topological polar surface area (TPSA) is 21.3 Å². The van der Waals surface area contributed by atoms with Crippen LogP contribution in [-0.2, 0) is 12.8 Å². The number of rotatable bonds is 9. The monoisotopic (exact) mass is 529 g/mol. The van der Waals surface area contributed by atoms with Crippen molar-refractivity contribution in [3.05, 3.63) is 124 Å². The van der Waals surface area contributed by atoms with Crippen molar-refractivity contribution in [2.24, 2.45) is 0 Å². The van der Waals surface area contributed by atoms with Gasteiger partial charge in [0, 0.05) is 17.3 Å². The van der Waals surface area contributed by atoms with Crippen LogP contribution in [0.3, 0.4) is 0 Å². The fourth-order valence-electron chi connectivity index (χ4n) is 6.09. The number of benzene rings is 4. The Hall–Kier alpha value is -3.78. The van der Waals surface area contributed by atoms with Crippen LogP contribution in [0.5, 0.6) is 11.5 Å². The Morgan fingerprint density at radius 3 is 2.33 bits per heavy atom. The highest BCUT2D eigenvalue weighted by Crippen LogP contribution is 2.37.